The quantitative estimate of drug-likeness (QED) is 0.687. The van der Waals surface area contributed by atoms with Gasteiger partial charge in [0.2, 0.25) is 11.7 Å². The maximum absolute atomic E-state index is 5.52. The number of nitrogens with zero attached hydrogens (tertiary/aromatic N) is 3. The van der Waals surface area contributed by atoms with Crippen LogP contribution in [0, 0.1) is 0 Å². The van der Waals surface area contributed by atoms with Crippen LogP contribution >= 0.6 is 11.6 Å². The van der Waals surface area contributed by atoms with Crippen molar-refractivity contribution in [2.24, 2.45) is 0 Å². The first-order valence-corrected chi connectivity index (χ1v) is 4.22. The first kappa shape index (κ1) is 8.19. The molecule has 0 atom stereocenters. The van der Waals surface area contributed by atoms with Crippen molar-refractivity contribution in [3.8, 4) is 11.4 Å². The average molecular weight is 196 g/mol. The standard InChI is InChI=1S/C8H6ClN3O/c9-4-7-11-8(12-13-7)6-2-1-3-10-5-6/h1-3,5H,4H2. The molecule has 0 saturated heterocycles. The first-order valence-electron chi connectivity index (χ1n) is 3.69. The molecule has 0 bridgehead atoms. The third kappa shape index (κ3) is 1.67. The number of halogens is 1. The van der Waals surface area contributed by atoms with Crippen molar-refractivity contribution in [1.82, 2.24) is 15.1 Å². The lowest BCUT2D eigenvalue weighted by Crippen LogP contribution is -1.81. The van der Waals surface area contributed by atoms with Crippen LogP contribution in [0.3, 0.4) is 0 Å². The van der Waals surface area contributed by atoms with Crippen LogP contribution in [0.25, 0.3) is 11.4 Å². The first-order chi connectivity index (χ1) is 6.40. The molecule has 2 aromatic heterocycles. The normalized spacial score (nSPS) is 10.2. The van der Waals surface area contributed by atoms with E-state index in [9.17, 15) is 0 Å². The van der Waals surface area contributed by atoms with Crippen molar-refractivity contribution in [2.45, 2.75) is 5.88 Å². The average Bonchev–Trinajstić information content (AvgIpc) is 2.67. The van der Waals surface area contributed by atoms with E-state index in [2.05, 4.69) is 15.1 Å². The highest BCUT2D eigenvalue weighted by Gasteiger charge is 2.06. The molecule has 0 amide bonds. The van der Waals surface area contributed by atoms with Crippen LogP contribution in [-0.4, -0.2) is 15.1 Å². The topological polar surface area (TPSA) is 51.8 Å². The molecule has 2 aromatic rings. The predicted octanol–water partition coefficient (Wildman–Crippen LogP) is 1.87. The van der Waals surface area contributed by atoms with Crippen LogP contribution in [-0.2, 0) is 5.88 Å². The van der Waals surface area contributed by atoms with Gasteiger partial charge in [0.25, 0.3) is 0 Å². The van der Waals surface area contributed by atoms with Gasteiger partial charge in [-0.2, -0.15) is 4.98 Å². The SMILES string of the molecule is ClCc1nc(-c2cccnc2)no1. The van der Waals surface area contributed by atoms with Gasteiger partial charge in [-0.15, -0.1) is 11.6 Å². The Balaban J connectivity index is 2.36. The number of hydrogen-bond acceptors (Lipinski definition) is 4. The fourth-order valence-corrected chi connectivity index (χ4v) is 1.03. The molecule has 0 N–H and O–H groups in total. The van der Waals surface area contributed by atoms with E-state index in [1.807, 2.05) is 12.1 Å². The minimum atomic E-state index is 0.229. The molecule has 0 spiro atoms. The number of hydrogen-bond donors (Lipinski definition) is 0. The fourth-order valence-electron chi connectivity index (χ4n) is 0.921. The Morgan fingerprint density at radius 1 is 1.46 bits per heavy atom. The van der Waals surface area contributed by atoms with Crippen LogP contribution in [0.15, 0.2) is 29.0 Å². The minimum absolute atomic E-state index is 0.229. The van der Waals surface area contributed by atoms with Crippen molar-refractivity contribution in [3.63, 3.8) is 0 Å². The van der Waals surface area contributed by atoms with E-state index < -0.39 is 0 Å². The lowest BCUT2D eigenvalue weighted by Gasteiger charge is -1.89. The molecule has 0 aliphatic carbocycles. The molecule has 13 heavy (non-hydrogen) atoms. The van der Waals surface area contributed by atoms with Crippen LogP contribution in [0.2, 0.25) is 0 Å². The molecule has 2 rings (SSSR count). The van der Waals surface area contributed by atoms with Crippen LogP contribution in [0.1, 0.15) is 5.89 Å². The van der Waals surface area contributed by atoms with E-state index in [1.165, 1.54) is 0 Å². The summed E-state index contributed by atoms with van der Waals surface area (Å²) < 4.78 is 4.85. The largest absolute Gasteiger partial charge is 0.338 e. The summed E-state index contributed by atoms with van der Waals surface area (Å²) in [6.45, 7) is 0. The molecule has 66 valence electrons. The van der Waals surface area contributed by atoms with E-state index in [1.54, 1.807) is 12.4 Å². The molecule has 0 aromatic carbocycles. The van der Waals surface area contributed by atoms with Crippen molar-refractivity contribution in [2.75, 3.05) is 0 Å². The maximum atomic E-state index is 5.52. The molecule has 0 aliphatic rings. The number of pyridine rings is 1. The van der Waals surface area contributed by atoms with Gasteiger partial charge < -0.3 is 4.52 Å². The third-order valence-corrected chi connectivity index (χ3v) is 1.73. The summed E-state index contributed by atoms with van der Waals surface area (Å²) in [4.78, 5) is 7.99. The summed E-state index contributed by atoms with van der Waals surface area (Å²) in [5.74, 6) is 1.16. The molecule has 0 fully saturated rings. The highest BCUT2D eigenvalue weighted by Crippen LogP contribution is 2.13. The molecule has 2 heterocycles. The van der Waals surface area contributed by atoms with Gasteiger partial charge in [0.1, 0.15) is 5.88 Å². The second kappa shape index (κ2) is 3.53. The molecule has 5 heteroatoms. The minimum Gasteiger partial charge on any atom is -0.338 e. The van der Waals surface area contributed by atoms with E-state index in [4.69, 9.17) is 16.1 Å². The number of rotatable bonds is 2. The number of aromatic nitrogens is 3. The molecular formula is C8H6ClN3O. The Labute approximate surface area is 79.6 Å². The van der Waals surface area contributed by atoms with Gasteiger partial charge >= 0.3 is 0 Å². The zero-order valence-electron chi connectivity index (χ0n) is 6.64. The second-order valence-electron chi connectivity index (χ2n) is 2.39. The molecule has 4 nitrogen and oxygen atoms in total. The lowest BCUT2D eigenvalue weighted by molar-refractivity contribution is 0.391. The Kier molecular flexibility index (Phi) is 2.23. The molecule has 0 unspecified atom stereocenters. The van der Waals surface area contributed by atoms with Crippen molar-refractivity contribution in [3.05, 3.63) is 30.4 Å². The molecule has 0 saturated carbocycles. The summed E-state index contributed by atoms with van der Waals surface area (Å²) in [5.41, 5.74) is 0.822. The Morgan fingerprint density at radius 3 is 3.00 bits per heavy atom. The predicted molar refractivity (Wildman–Crippen MR) is 47.1 cm³/mol. The monoisotopic (exact) mass is 195 g/mol. The number of alkyl halides is 1. The van der Waals surface area contributed by atoms with Crippen LogP contribution in [0.4, 0.5) is 0 Å². The summed E-state index contributed by atoms with van der Waals surface area (Å²) in [5, 5.41) is 3.75. The van der Waals surface area contributed by atoms with E-state index in [0.29, 0.717) is 11.7 Å². The van der Waals surface area contributed by atoms with Gasteiger partial charge in [0.15, 0.2) is 0 Å². The van der Waals surface area contributed by atoms with Gasteiger partial charge in [0.05, 0.1) is 0 Å². The maximum Gasteiger partial charge on any atom is 0.241 e. The van der Waals surface area contributed by atoms with Gasteiger partial charge in [-0.3, -0.25) is 4.98 Å². The van der Waals surface area contributed by atoms with E-state index >= 15 is 0 Å². The van der Waals surface area contributed by atoms with Crippen molar-refractivity contribution >= 4 is 11.6 Å². The zero-order chi connectivity index (χ0) is 9.10. The van der Waals surface area contributed by atoms with Crippen LogP contribution in [0.5, 0.6) is 0 Å². The van der Waals surface area contributed by atoms with Gasteiger partial charge in [-0.25, -0.2) is 0 Å². The van der Waals surface area contributed by atoms with Crippen molar-refractivity contribution < 1.29 is 4.52 Å². The smallest absolute Gasteiger partial charge is 0.241 e. The Bertz CT molecular complexity index is 387. The highest BCUT2D eigenvalue weighted by molar-refractivity contribution is 6.16. The molecular weight excluding hydrogens is 190 g/mol. The summed E-state index contributed by atoms with van der Waals surface area (Å²) in [6, 6.07) is 3.67. The summed E-state index contributed by atoms with van der Waals surface area (Å²) in [7, 11) is 0. The van der Waals surface area contributed by atoms with Gasteiger partial charge in [-0.1, -0.05) is 5.16 Å². The summed E-state index contributed by atoms with van der Waals surface area (Å²) >= 11 is 5.52. The summed E-state index contributed by atoms with van der Waals surface area (Å²) in [6.07, 6.45) is 3.36. The third-order valence-electron chi connectivity index (χ3n) is 1.50. The second-order valence-corrected chi connectivity index (χ2v) is 2.65. The van der Waals surface area contributed by atoms with Gasteiger partial charge in [-0.05, 0) is 12.1 Å². The zero-order valence-corrected chi connectivity index (χ0v) is 7.40. The fraction of sp³-hybridized carbons (Fsp3) is 0.125. The van der Waals surface area contributed by atoms with E-state index in [0.717, 1.165) is 5.56 Å². The molecule has 0 radical (unpaired) electrons. The molecule has 0 aliphatic heterocycles. The highest BCUT2D eigenvalue weighted by atomic mass is 35.5. The van der Waals surface area contributed by atoms with Crippen LogP contribution < -0.4 is 0 Å². The lowest BCUT2D eigenvalue weighted by atomic mass is 10.3. The Morgan fingerprint density at radius 2 is 2.38 bits per heavy atom. The van der Waals surface area contributed by atoms with Gasteiger partial charge in [0, 0.05) is 18.0 Å². The van der Waals surface area contributed by atoms with E-state index in [-0.39, 0.29) is 5.88 Å². The van der Waals surface area contributed by atoms with Crippen molar-refractivity contribution in [1.29, 1.82) is 0 Å². The Hall–Kier alpha value is -1.42.